The minimum atomic E-state index is 0.905. The van der Waals surface area contributed by atoms with Crippen LogP contribution >= 0.6 is 31.9 Å². The summed E-state index contributed by atoms with van der Waals surface area (Å²) < 4.78 is 1.15. The Hall–Kier alpha value is -0.0600. The summed E-state index contributed by atoms with van der Waals surface area (Å²) in [5.74, 6) is 0. The minimum Gasteiger partial charge on any atom is -0.371 e. The van der Waals surface area contributed by atoms with Gasteiger partial charge in [0.1, 0.15) is 0 Å². The molecule has 114 valence electrons. The van der Waals surface area contributed by atoms with Gasteiger partial charge in [0.25, 0.3) is 0 Å². The van der Waals surface area contributed by atoms with Crippen molar-refractivity contribution in [3.05, 3.63) is 28.2 Å². The van der Waals surface area contributed by atoms with E-state index in [1.165, 1.54) is 24.2 Å². The van der Waals surface area contributed by atoms with Crippen molar-refractivity contribution in [2.24, 2.45) is 0 Å². The third-order valence-corrected chi connectivity index (χ3v) is 4.81. The summed E-state index contributed by atoms with van der Waals surface area (Å²) in [6, 6.07) is 6.54. The van der Waals surface area contributed by atoms with Crippen LogP contribution in [0.1, 0.15) is 32.8 Å². The van der Waals surface area contributed by atoms with E-state index in [0.717, 1.165) is 36.0 Å². The van der Waals surface area contributed by atoms with Crippen LogP contribution in [0, 0.1) is 0 Å². The monoisotopic (exact) mass is 404 g/mol. The lowest BCUT2D eigenvalue weighted by Gasteiger charge is -2.27. The first-order chi connectivity index (χ1) is 9.65. The second kappa shape index (κ2) is 9.80. The Kier molecular flexibility index (Phi) is 8.82. The lowest BCUT2D eigenvalue weighted by atomic mass is 10.1. The minimum absolute atomic E-state index is 0.905. The van der Waals surface area contributed by atoms with E-state index in [1.807, 2.05) is 0 Å². The van der Waals surface area contributed by atoms with Crippen molar-refractivity contribution in [2.75, 3.05) is 37.6 Å². The van der Waals surface area contributed by atoms with Gasteiger partial charge >= 0.3 is 0 Å². The highest BCUT2D eigenvalue weighted by Gasteiger charge is 2.10. The van der Waals surface area contributed by atoms with Crippen LogP contribution in [-0.2, 0) is 5.33 Å². The SMILES string of the molecule is CCN(CC)CCCN(CC)c1cc(Br)ccc1CBr. The highest BCUT2D eigenvalue weighted by molar-refractivity contribution is 9.10. The van der Waals surface area contributed by atoms with Crippen molar-refractivity contribution >= 4 is 37.5 Å². The zero-order valence-corrected chi connectivity index (χ0v) is 16.0. The van der Waals surface area contributed by atoms with Crippen molar-refractivity contribution in [1.29, 1.82) is 0 Å². The molecule has 20 heavy (non-hydrogen) atoms. The summed E-state index contributed by atoms with van der Waals surface area (Å²) in [4.78, 5) is 4.96. The van der Waals surface area contributed by atoms with E-state index >= 15 is 0 Å². The predicted molar refractivity (Wildman–Crippen MR) is 97.1 cm³/mol. The molecule has 2 nitrogen and oxygen atoms in total. The number of benzene rings is 1. The molecule has 0 N–H and O–H groups in total. The third kappa shape index (κ3) is 5.38. The van der Waals surface area contributed by atoms with Crippen LogP contribution in [0.15, 0.2) is 22.7 Å². The average Bonchev–Trinajstić information content (AvgIpc) is 2.47. The van der Waals surface area contributed by atoms with Crippen molar-refractivity contribution in [2.45, 2.75) is 32.5 Å². The smallest absolute Gasteiger partial charge is 0.0418 e. The molecule has 0 aliphatic heterocycles. The molecule has 4 heteroatoms. The maximum atomic E-state index is 3.59. The fourth-order valence-electron chi connectivity index (χ4n) is 2.42. The molecule has 0 aromatic heterocycles. The van der Waals surface area contributed by atoms with E-state index < -0.39 is 0 Å². The van der Waals surface area contributed by atoms with Gasteiger partial charge in [-0.15, -0.1) is 0 Å². The quantitative estimate of drug-likeness (QED) is 0.539. The van der Waals surface area contributed by atoms with Gasteiger partial charge in [-0.05, 0) is 50.7 Å². The van der Waals surface area contributed by atoms with Gasteiger partial charge in [0.05, 0.1) is 0 Å². The predicted octanol–water partition coefficient (Wildman–Crippen LogP) is 4.90. The molecule has 1 rings (SSSR count). The highest BCUT2D eigenvalue weighted by Crippen LogP contribution is 2.27. The van der Waals surface area contributed by atoms with Gasteiger partial charge in [0, 0.05) is 28.6 Å². The summed E-state index contributed by atoms with van der Waals surface area (Å²) in [6.07, 6.45) is 1.21. The van der Waals surface area contributed by atoms with E-state index in [1.54, 1.807) is 0 Å². The second-order valence-electron chi connectivity index (χ2n) is 4.87. The molecular weight excluding hydrogens is 380 g/mol. The van der Waals surface area contributed by atoms with Crippen LogP contribution in [0.4, 0.5) is 5.69 Å². The number of hydrogen-bond acceptors (Lipinski definition) is 2. The summed E-state index contributed by atoms with van der Waals surface area (Å²) >= 11 is 7.18. The maximum Gasteiger partial charge on any atom is 0.0418 e. The van der Waals surface area contributed by atoms with Gasteiger partial charge in [-0.25, -0.2) is 0 Å². The van der Waals surface area contributed by atoms with Gasteiger partial charge in [-0.2, -0.15) is 0 Å². The number of alkyl halides is 1. The summed E-state index contributed by atoms with van der Waals surface area (Å²) in [5, 5.41) is 0.905. The van der Waals surface area contributed by atoms with Crippen molar-refractivity contribution in [3.63, 3.8) is 0 Å². The molecule has 1 aromatic carbocycles. The van der Waals surface area contributed by atoms with Crippen molar-refractivity contribution in [1.82, 2.24) is 4.90 Å². The number of anilines is 1. The lowest BCUT2D eigenvalue weighted by molar-refractivity contribution is 0.300. The Balaban J connectivity index is 2.68. The van der Waals surface area contributed by atoms with E-state index in [2.05, 4.69) is 80.6 Å². The number of nitrogens with zero attached hydrogens (tertiary/aromatic N) is 2. The molecular formula is C16H26Br2N2. The Morgan fingerprint density at radius 3 is 2.25 bits per heavy atom. The number of hydrogen-bond donors (Lipinski definition) is 0. The molecule has 0 aliphatic rings. The third-order valence-electron chi connectivity index (χ3n) is 3.71. The van der Waals surface area contributed by atoms with E-state index in [0.29, 0.717) is 0 Å². The molecule has 0 unspecified atom stereocenters. The summed E-state index contributed by atoms with van der Waals surface area (Å²) in [6.45, 7) is 12.3. The van der Waals surface area contributed by atoms with Gasteiger partial charge in [-0.3, -0.25) is 0 Å². The zero-order chi connectivity index (χ0) is 15.0. The van der Waals surface area contributed by atoms with Crippen LogP contribution in [0.25, 0.3) is 0 Å². The Morgan fingerprint density at radius 1 is 1.00 bits per heavy atom. The molecule has 1 aromatic rings. The topological polar surface area (TPSA) is 6.48 Å². The van der Waals surface area contributed by atoms with Crippen molar-refractivity contribution < 1.29 is 0 Å². The largest absolute Gasteiger partial charge is 0.371 e. The van der Waals surface area contributed by atoms with Crippen LogP contribution in [0.2, 0.25) is 0 Å². The Morgan fingerprint density at radius 2 is 1.70 bits per heavy atom. The standard InChI is InChI=1S/C16H26Br2N2/c1-4-19(5-2)10-7-11-20(6-3)16-12-15(18)9-8-14(16)13-17/h8-9,12H,4-7,10-11,13H2,1-3H3. The Labute approximate surface area is 140 Å². The molecule has 0 bridgehead atoms. The Bertz CT molecular complexity index is 392. The van der Waals surface area contributed by atoms with Gasteiger partial charge in [0.2, 0.25) is 0 Å². The number of halogens is 2. The molecule has 0 radical (unpaired) electrons. The fourth-order valence-corrected chi connectivity index (χ4v) is 3.24. The van der Waals surface area contributed by atoms with E-state index in [-0.39, 0.29) is 0 Å². The molecule has 0 atom stereocenters. The molecule has 0 aliphatic carbocycles. The zero-order valence-electron chi connectivity index (χ0n) is 12.8. The van der Waals surface area contributed by atoms with E-state index in [4.69, 9.17) is 0 Å². The summed E-state index contributed by atoms with van der Waals surface area (Å²) in [5.41, 5.74) is 2.70. The van der Waals surface area contributed by atoms with Crippen LogP contribution in [-0.4, -0.2) is 37.6 Å². The fraction of sp³-hybridized carbons (Fsp3) is 0.625. The first-order valence-corrected chi connectivity index (χ1v) is 9.39. The highest BCUT2D eigenvalue weighted by atomic mass is 79.9. The normalized spacial score (nSPS) is 11.1. The van der Waals surface area contributed by atoms with Crippen LogP contribution in [0.3, 0.4) is 0 Å². The van der Waals surface area contributed by atoms with Gasteiger partial charge in [-0.1, -0.05) is 51.8 Å². The first-order valence-electron chi connectivity index (χ1n) is 7.47. The van der Waals surface area contributed by atoms with Gasteiger partial charge in [0.15, 0.2) is 0 Å². The molecule has 0 amide bonds. The lowest BCUT2D eigenvalue weighted by Crippen LogP contribution is -2.30. The second-order valence-corrected chi connectivity index (χ2v) is 6.34. The molecule has 0 saturated carbocycles. The maximum absolute atomic E-state index is 3.59. The molecule has 0 heterocycles. The molecule has 0 spiro atoms. The van der Waals surface area contributed by atoms with Crippen LogP contribution in [0.5, 0.6) is 0 Å². The van der Waals surface area contributed by atoms with Crippen molar-refractivity contribution in [3.8, 4) is 0 Å². The summed E-state index contributed by atoms with van der Waals surface area (Å²) in [7, 11) is 0. The van der Waals surface area contributed by atoms with E-state index in [9.17, 15) is 0 Å². The number of rotatable bonds is 9. The average molecular weight is 406 g/mol. The van der Waals surface area contributed by atoms with Crippen LogP contribution < -0.4 is 4.90 Å². The molecule has 0 saturated heterocycles. The molecule has 0 fully saturated rings. The van der Waals surface area contributed by atoms with Gasteiger partial charge < -0.3 is 9.80 Å². The first kappa shape index (κ1) is 18.0.